The van der Waals surface area contributed by atoms with Crippen LogP contribution in [-0.2, 0) is 47.4 Å². The van der Waals surface area contributed by atoms with Gasteiger partial charge < -0.3 is 68.2 Å². The second kappa shape index (κ2) is 25.4. The van der Waals surface area contributed by atoms with Crippen molar-refractivity contribution in [3.8, 4) is 22.3 Å². The molecule has 458 valence electrons. The highest BCUT2D eigenvalue weighted by Gasteiger charge is 2.57. The van der Waals surface area contributed by atoms with Crippen LogP contribution >= 0.6 is 21.6 Å². The van der Waals surface area contributed by atoms with Crippen molar-refractivity contribution in [3.63, 3.8) is 0 Å². The minimum absolute atomic E-state index is 0.0273. The average Bonchev–Trinajstić information content (AvgIpc) is 1.95. The van der Waals surface area contributed by atoms with E-state index in [4.69, 9.17) is 42.6 Å². The standard InChI is InChI=1S/C37H48N2O7S2.C29H36N2O6/c1-36(2)45-33-32(44-31(40)15-9-4-10-24-16-21-47-48-24)30(43-34(33)46-36)22-39-19-17-37(3,18-20-39)38-35(41)42-23-29-27-13-7-5-11-25(27)26-12-6-8-14-28(26)29;1-28(2)36-25-24(32)23(35-26(25)37-28)16-31-14-12-29(3,13-15-31)30-27(33)34-17-22-20-10-6-4-8-18(20)19-9-5-7-11-21(19)22/h5-8,11-14,24,29-30,32-34H,4,9-10,15-23H2,1-3H3,(H,38,41);4-11,22-26,32H,12-17H2,1-3H3,(H,30,33)/t24?,30-,32+,33-,34-;23-,24+,25-,26-/m11/s1. The van der Waals surface area contributed by atoms with Crippen molar-refractivity contribution in [3.05, 3.63) is 119 Å². The van der Waals surface area contributed by atoms with Crippen LogP contribution in [0.2, 0.25) is 0 Å². The lowest BCUT2D eigenvalue weighted by Crippen LogP contribution is -2.55. The zero-order valence-electron chi connectivity index (χ0n) is 49.9. The van der Waals surface area contributed by atoms with Crippen LogP contribution in [0.4, 0.5) is 9.59 Å². The average molecular weight is 1210 g/mol. The largest absolute Gasteiger partial charge is 0.457 e. The van der Waals surface area contributed by atoms with Gasteiger partial charge in [-0.2, -0.15) is 0 Å². The van der Waals surface area contributed by atoms with E-state index in [0.717, 1.165) is 71.1 Å². The second-order valence-corrected chi connectivity index (χ2v) is 28.7. The molecule has 4 aromatic rings. The maximum absolute atomic E-state index is 13.1. The molecule has 9 atom stereocenters. The van der Waals surface area contributed by atoms with Crippen molar-refractivity contribution in [1.82, 2.24) is 20.4 Å². The van der Waals surface area contributed by atoms with Gasteiger partial charge in [-0.25, -0.2) is 9.59 Å². The SMILES string of the molecule is CC1(NC(=O)OCC2c3ccccc3-c3ccccc32)CCN(C[C@H]2O[C@@H]3OC(C)(C)O[C@@H]3[C@H]2O)CC1.CC1(NC(=O)OCC2c3ccccc3-c3ccccc32)CCN(C[C@H]2O[C@@H]3OC(C)(C)O[C@@H]3[C@H]2OC(=O)CCCCC2CCSS2)CC1. The van der Waals surface area contributed by atoms with Crippen LogP contribution in [0, 0.1) is 0 Å². The van der Waals surface area contributed by atoms with Crippen molar-refractivity contribution in [2.75, 3.05) is 58.2 Å². The molecule has 2 amide bonds. The van der Waals surface area contributed by atoms with Gasteiger partial charge in [-0.3, -0.25) is 4.79 Å². The minimum Gasteiger partial charge on any atom is -0.457 e. The number of aliphatic hydroxyl groups excluding tert-OH is 1. The Morgan fingerprint density at radius 2 is 1.02 bits per heavy atom. The zero-order valence-corrected chi connectivity index (χ0v) is 51.5. The van der Waals surface area contributed by atoms with Crippen LogP contribution in [0.1, 0.15) is 133 Å². The number of alkyl carbamates (subject to hydrolysis) is 2. The van der Waals surface area contributed by atoms with E-state index >= 15 is 0 Å². The number of nitrogens with zero attached hydrogens (tertiary/aromatic N) is 2. The highest BCUT2D eigenvalue weighted by atomic mass is 33.1. The predicted octanol–water partition coefficient (Wildman–Crippen LogP) is 10.5. The molecule has 7 aliphatic heterocycles. The van der Waals surface area contributed by atoms with Crippen LogP contribution in [0.5, 0.6) is 0 Å². The Morgan fingerprint density at radius 3 is 1.48 bits per heavy atom. The van der Waals surface area contributed by atoms with E-state index in [1.807, 2.05) is 85.7 Å². The fourth-order valence-electron chi connectivity index (χ4n) is 13.9. The van der Waals surface area contributed by atoms with Gasteiger partial charge in [0.25, 0.3) is 0 Å². The molecule has 1 unspecified atom stereocenters. The number of nitrogens with one attached hydrogen (secondary N) is 2. The summed E-state index contributed by atoms with van der Waals surface area (Å²) in [4.78, 5) is 43.5. The van der Waals surface area contributed by atoms with E-state index in [1.54, 1.807) is 0 Å². The number of unbranched alkanes of at least 4 members (excludes halogenated alkanes) is 1. The summed E-state index contributed by atoms with van der Waals surface area (Å²) in [7, 11) is 3.93. The van der Waals surface area contributed by atoms with Crippen molar-refractivity contribution < 1.29 is 62.1 Å². The monoisotopic (exact) mass is 1200 g/mol. The molecular formula is C66H84N4O13S2. The van der Waals surface area contributed by atoms with Gasteiger partial charge in [0.1, 0.15) is 37.6 Å². The first-order valence-corrected chi connectivity index (χ1v) is 33.1. The number of piperidine rings is 2. The van der Waals surface area contributed by atoms with Crippen LogP contribution in [0.3, 0.4) is 0 Å². The van der Waals surface area contributed by atoms with E-state index in [9.17, 15) is 19.5 Å². The highest BCUT2D eigenvalue weighted by Crippen LogP contribution is 2.47. The van der Waals surface area contributed by atoms with Crippen LogP contribution in [0.25, 0.3) is 22.3 Å². The Hall–Kier alpha value is -4.77. The fraction of sp³-hybridized carbons (Fsp3) is 0.591. The number of aliphatic hydroxyl groups is 1. The Labute approximate surface area is 507 Å². The summed E-state index contributed by atoms with van der Waals surface area (Å²) in [5, 5.41) is 17.7. The number of rotatable bonds is 16. The Bertz CT molecular complexity index is 2930. The van der Waals surface area contributed by atoms with Crippen LogP contribution in [0.15, 0.2) is 97.1 Å². The van der Waals surface area contributed by atoms with Gasteiger partial charge in [-0.1, -0.05) is 125 Å². The minimum atomic E-state index is -0.792. The first-order valence-electron chi connectivity index (χ1n) is 30.8. The molecule has 7 saturated heterocycles. The van der Waals surface area contributed by atoms with Gasteiger partial charge >= 0.3 is 18.2 Å². The molecule has 0 bridgehead atoms. The third-order valence-corrected chi connectivity index (χ3v) is 21.7. The van der Waals surface area contributed by atoms with Crippen molar-refractivity contribution in [2.24, 2.45) is 0 Å². The van der Waals surface area contributed by atoms with Gasteiger partial charge in [0.05, 0.1) is 0 Å². The Morgan fingerprint density at radius 1 is 0.588 bits per heavy atom. The second-order valence-electron chi connectivity index (χ2n) is 25.9. The Balaban J connectivity index is 0.000000172. The summed E-state index contributed by atoms with van der Waals surface area (Å²) < 4.78 is 53.7. The number of esters is 1. The number of likely N-dealkylation sites (tertiary alicyclic amines) is 2. The van der Waals surface area contributed by atoms with Crippen molar-refractivity contribution in [1.29, 1.82) is 0 Å². The molecule has 2 aliphatic carbocycles. The number of benzene rings is 4. The van der Waals surface area contributed by atoms with E-state index in [1.165, 1.54) is 56.7 Å². The lowest BCUT2D eigenvalue weighted by molar-refractivity contribution is -0.220. The van der Waals surface area contributed by atoms with E-state index in [-0.39, 0.29) is 53.3 Å². The topological polar surface area (TPSA) is 185 Å². The summed E-state index contributed by atoms with van der Waals surface area (Å²) in [6.45, 7) is 16.4. The lowest BCUT2D eigenvalue weighted by Gasteiger charge is -2.40. The van der Waals surface area contributed by atoms with Gasteiger partial charge in [-0.05, 0) is 131 Å². The molecule has 85 heavy (non-hydrogen) atoms. The fourth-order valence-corrected chi connectivity index (χ4v) is 17.0. The molecule has 0 saturated carbocycles. The molecule has 0 aromatic heterocycles. The number of amides is 2. The smallest absolute Gasteiger partial charge is 0.407 e. The first-order chi connectivity index (χ1) is 40.9. The third kappa shape index (κ3) is 13.8. The summed E-state index contributed by atoms with van der Waals surface area (Å²) in [5.41, 5.74) is 8.93. The molecular weight excluding hydrogens is 1120 g/mol. The van der Waals surface area contributed by atoms with Crippen molar-refractivity contribution in [2.45, 2.75) is 188 Å². The molecule has 9 aliphatic rings. The molecule has 0 radical (unpaired) electrons. The number of hydrogen-bond donors (Lipinski definition) is 3. The van der Waals surface area contributed by atoms with Gasteiger partial charge in [0, 0.05) is 79.6 Å². The summed E-state index contributed by atoms with van der Waals surface area (Å²) >= 11 is 0. The van der Waals surface area contributed by atoms with Crippen LogP contribution in [-0.4, -0.2) is 168 Å². The predicted molar refractivity (Wildman–Crippen MR) is 325 cm³/mol. The van der Waals surface area contributed by atoms with E-state index in [0.29, 0.717) is 38.0 Å². The van der Waals surface area contributed by atoms with Crippen molar-refractivity contribution >= 4 is 39.7 Å². The molecule has 0 spiro atoms. The Kier molecular flexibility index (Phi) is 18.1. The summed E-state index contributed by atoms with van der Waals surface area (Å²) in [6.07, 6.45) is 3.05. The molecule has 3 N–H and O–H groups in total. The number of ether oxygens (including phenoxy) is 9. The highest BCUT2D eigenvalue weighted by molar-refractivity contribution is 8.77. The van der Waals surface area contributed by atoms with E-state index < -0.39 is 48.6 Å². The molecule has 7 fully saturated rings. The number of carbonyl (C=O) groups excluding carboxylic acids is 3. The van der Waals surface area contributed by atoms with Gasteiger partial charge in [-0.15, -0.1) is 0 Å². The third-order valence-electron chi connectivity index (χ3n) is 18.6. The van der Waals surface area contributed by atoms with Gasteiger partial charge in [0.15, 0.2) is 36.4 Å². The molecule has 4 aromatic carbocycles. The van der Waals surface area contributed by atoms with Gasteiger partial charge in [0.2, 0.25) is 0 Å². The van der Waals surface area contributed by atoms with Crippen LogP contribution < -0.4 is 10.6 Å². The maximum atomic E-state index is 13.1. The first kappa shape index (κ1) is 60.5. The number of hydrogen-bond acceptors (Lipinski definition) is 17. The lowest BCUT2D eigenvalue weighted by atomic mass is 9.89. The normalized spacial score (nSPS) is 29.3. The summed E-state index contributed by atoms with van der Waals surface area (Å²) in [6, 6.07) is 33.4. The molecule has 19 heteroatoms. The summed E-state index contributed by atoms with van der Waals surface area (Å²) in [5.74, 6) is -0.427. The molecule has 7 heterocycles. The quantitative estimate of drug-likeness (QED) is 0.0416. The number of fused-ring (bicyclic) bond motifs is 8. The van der Waals surface area contributed by atoms with E-state index in [2.05, 4.69) is 94.9 Å². The molecule has 13 rings (SSSR count). The number of carbonyl (C=O) groups is 3. The zero-order chi connectivity index (χ0) is 59.1. The maximum Gasteiger partial charge on any atom is 0.407 e. The molecule has 17 nitrogen and oxygen atoms in total.